The molecule has 1 rings (SSSR count). The maximum absolute atomic E-state index is 11.8. The number of carbonyl (C=O) groups excluding carboxylic acids is 1. The Morgan fingerprint density at radius 3 is 2.36 bits per heavy atom. The number of rotatable bonds is 4. The fourth-order valence-electron chi connectivity index (χ4n) is 1.60. The summed E-state index contributed by atoms with van der Waals surface area (Å²) in [5.74, 6) is 0.645. The molecule has 1 heterocycles. The van der Waals surface area contributed by atoms with E-state index in [1.165, 1.54) is 0 Å². The van der Waals surface area contributed by atoms with E-state index in [-0.39, 0.29) is 12.0 Å². The molecular weight excluding hydrogens is 178 g/mol. The zero-order valence-electron chi connectivity index (χ0n) is 9.45. The minimum Gasteiger partial charge on any atom is -0.368 e. The zero-order chi connectivity index (χ0) is 10.6. The lowest BCUT2D eigenvalue weighted by molar-refractivity contribution is -0.142. The van der Waals surface area contributed by atoms with E-state index in [1.54, 1.807) is 0 Å². The molecular formula is C11H21NO2. The minimum atomic E-state index is -0.268. The quantitative estimate of drug-likeness (QED) is 0.689. The topological polar surface area (TPSA) is 29.5 Å². The van der Waals surface area contributed by atoms with Gasteiger partial charge in [0.25, 0.3) is 5.91 Å². The van der Waals surface area contributed by atoms with Crippen LogP contribution in [0.4, 0.5) is 0 Å². The number of nitrogens with zero attached hydrogens (tertiary/aromatic N) is 1. The summed E-state index contributed by atoms with van der Waals surface area (Å²) < 4.78 is 5.49. The van der Waals surface area contributed by atoms with Crippen LogP contribution in [0.2, 0.25) is 0 Å². The highest BCUT2D eigenvalue weighted by molar-refractivity contribution is 5.80. The Labute approximate surface area is 86.4 Å². The standard InChI is InChI=1S/C11H21NO2/c1-9(2)8-14-10(3)11(13)12-6-4-5-7-12/h9-10H,4-8H2,1-3H3/t10-/m0/s1. The van der Waals surface area contributed by atoms with E-state index in [2.05, 4.69) is 13.8 Å². The molecule has 0 spiro atoms. The van der Waals surface area contributed by atoms with E-state index < -0.39 is 0 Å². The van der Waals surface area contributed by atoms with Gasteiger partial charge in [0.1, 0.15) is 6.10 Å². The Morgan fingerprint density at radius 1 is 1.29 bits per heavy atom. The van der Waals surface area contributed by atoms with Crippen molar-refractivity contribution < 1.29 is 9.53 Å². The molecule has 82 valence electrons. The average molecular weight is 199 g/mol. The predicted molar refractivity (Wildman–Crippen MR) is 56.1 cm³/mol. The first kappa shape index (κ1) is 11.5. The molecule has 0 aliphatic carbocycles. The summed E-state index contributed by atoms with van der Waals surface area (Å²) >= 11 is 0. The summed E-state index contributed by atoms with van der Waals surface area (Å²) in [4.78, 5) is 13.7. The molecule has 1 amide bonds. The second kappa shape index (κ2) is 5.35. The van der Waals surface area contributed by atoms with Gasteiger partial charge in [0, 0.05) is 19.7 Å². The van der Waals surface area contributed by atoms with Crippen LogP contribution in [-0.2, 0) is 9.53 Å². The number of hydrogen-bond acceptors (Lipinski definition) is 2. The van der Waals surface area contributed by atoms with Crippen LogP contribution in [0.3, 0.4) is 0 Å². The van der Waals surface area contributed by atoms with Gasteiger partial charge in [-0.25, -0.2) is 0 Å². The maximum atomic E-state index is 11.8. The molecule has 0 aromatic carbocycles. The lowest BCUT2D eigenvalue weighted by Gasteiger charge is -2.21. The van der Waals surface area contributed by atoms with Gasteiger partial charge in [-0.1, -0.05) is 13.8 Å². The van der Waals surface area contributed by atoms with Gasteiger partial charge in [-0.3, -0.25) is 4.79 Å². The van der Waals surface area contributed by atoms with Crippen LogP contribution in [0, 0.1) is 5.92 Å². The van der Waals surface area contributed by atoms with E-state index in [0.717, 1.165) is 25.9 Å². The third kappa shape index (κ3) is 3.29. The van der Waals surface area contributed by atoms with E-state index in [0.29, 0.717) is 12.5 Å². The van der Waals surface area contributed by atoms with Crippen molar-refractivity contribution in [2.75, 3.05) is 19.7 Å². The molecule has 1 aliphatic heterocycles. The monoisotopic (exact) mass is 199 g/mol. The fourth-order valence-corrected chi connectivity index (χ4v) is 1.60. The van der Waals surface area contributed by atoms with Crippen LogP contribution in [0.25, 0.3) is 0 Å². The molecule has 3 heteroatoms. The van der Waals surface area contributed by atoms with Gasteiger partial charge in [0.05, 0.1) is 0 Å². The fraction of sp³-hybridized carbons (Fsp3) is 0.909. The number of likely N-dealkylation sites (tertiary alicyclic amines) is 1. The Hall–Kier alpha value is -0.570. The first-order valence-corrected chi connectivity index (χ1v) is 5.51. The lowest BCUT2D eigenvalue weighted by Crippen LogP contribution is -2.37. The van der Waals surface area contributed by atoms with Crippen molar-refractivity contribution in [1.29, 1.82) is 0 Å². The van der Waals surface area contributed by atoms with Crippen LogP contribution < -0.4 is 0 Å². The first-order chi connectivity index (χ1) is 6.61. The predicted octanol–water partition coefficient (Wildman–Crippen LogP) is 1.67. The highest BCUT2D eigenvalue weighted by Crippen LogP contribution is 2.10. The molecule has 0 N–H and O–H groups in total. The molecule has 1 aliphatic rings. The summed E-state index contributed by atoms with van der Waals surface area (Å²) in [6, 6.07) is 0. The largest absolute Gasteiger partial charge is 0.368 e. The maximum Gasteiger partial charge on any atom is 0.251 e. The Morgan fingerprint density at radius 2 is 1.86 bits per heavy atom. The highest BCUT2D eigenvalue weighted by Gasteiger charge is 2.23. The second-order valence-corrected chi connectivity index (χ2v) is 4.40. The van der Waals surface area contributed by atoms with Crippen molar-refractivity contribution in [1.82, 2.24) is 4.90 Å². The van der Waals surface area contributed by atoms with Crippen molar-refractivity contribution in [3.05, 3.63) is 0 Å². The van der Waals surface area contributed by atoms with E-state index in [1.807, 2.05) is 11.8 Å². The van der Waals surface area contributed by atoms with Crippen molar-refractivity contribution in [2.45, 2.75) is 39.7 Å². The van der Waals surface area contributed by atoms with Crippen molar-refractivity contribution in [2.24, 2.45) is 5.92 Å². The van der Waals surface area contributed by atoms with Crippen LogP contribution in [-0.4, -0.2) is 36.6 Å². The van der Waals surface area contributed by atoms with Crippen LogP contribution in [0.15, 0.2) is 0 Å². The zero-order valence-corrected chi connectivity index (χ0v) is 9.45. The molecule has 14 heavy (non-hydrogen) atoms. The SMILES string of the molecule is CC(C)CO[C@@H](C)C(=O)N1CCCC1. The van der Waals surface area contributed by atoms with E-state index >= 15 is 0 Å². The number of ether oxygens (including phenoxy) is 1. The molecule has 0 bridgehead atoms. The molecule has 0 aromatic rings. The summed E-state index contributed by atoms with van der Waals surface area (Å²) in [5, 5.41) is 0. The Balaban J connectivity index is 2.28. The van der Waals surface area contributed by atoms with Crippen LogP contribution >= 0.6 is 0 Å². The van der Waals surface area contributed by atoms with Gasteiger partial charge in [-0.2, -0.15) is 0 Å². The van der Waals surface area contributed by atoms with Crippen LogP contribution in [0.5, 0.6) is 0 Å². The van der Waals surface area contributed by atoms with Crippen LogP contribution in [0.1, 0.15) is 33.6 Å². The first-order valence-electron chi connectivity index (χ1n) is 5.51. The lowest BCUT2D eigenvalue weighted by atomic mass is 10.2. The molecule has 0 radical (unpaired) electrons. The molecule has 0 saturated carbocycles. The van der Waals surface area contributed by atoms with Gasteiger partial charge in [0.15, 0.2) is 0 Å². The van der Waals surface area contributed by atoms with Gasteiger partial charge < -0.3 is 9.64 Å². The molecule has 1 saturated heterocycles. The third-order valence-electron chi connectivity index (χ3n) is 2.45. The number of amides is 1. The minimum absolute atomic E-state index is 0.156. The van der Waals surface area contributed by atoms with Gasteiger partial charge >= 0.3 is 0 Å². The molecule has 3 nitrogen and oxygen atoms in total. The normalized spacial score (nSPS) is 19.0. The van der Waals surface area contributed by atoms with Gasteiger partial charge in [-0.15, -0.1) is 0 Å². The highest BCUT2D eigenvalue weighted by atomic mass is 16.5. The smallest absolute Gasteiger partial charge is 0.251 e. The summed E-state index contributed by atoms with van der Waals surface area (Å²) in [7, 11) is 0. The average Bonchev–Trinajstić information content (AvgIpc) is 2.65. The molecule has 1 atom stereocenters. The second-order valence-electron chi connectivity index (χ2n) is 4.40. The van der Waals surface area contributed by atoms with Gasteiger partial charge in [0.2, 0.25) is 0 Å². The van der Waals surface area contributed by atoms with Crippen molar-refractivity contribution in [3.63, 3.8) is 0 Å². The van der Waals surface area contributed by atoms with Crippen molar-refractivity contribution >= 4 is 5.91 Å². The summed E-state index contributed by atoms with van der Waals surface area (Å²) in [5.41, 5.74) is 0. The van der Waals surface area contributed by atoms with Gasteiger partial charge in [-0.05, 0) is 25.7 Å². The van der Waals surface area contributed by atoms with Crippen molar-refractivity contribution in [3.8, 4) is 0 Å². The van der Waals surface area contributed by atoms with E-state index in [4.69, 9.17) is 4.74 Å². The number of carbonyl (C=O) groups is 1. The number of hydrogen-bond donors (Lipinski definition) is 0. The molecule has 0 unspecified atom stereocenters. The summed E-state index contributed by atoms with van der Waals surface area (Å²) in [6.07, 6.45) is 2.01. The Kier molecular flexibility index (Phi) is 4.39. The third-order valence-corrected chi connectivity index (χ3v) is 2.45. The van der Waals surface area contributed by atoms with E-state index in [9.17, 15) is 4.79 Å². The Bertz CT molecular complexity index is 186. The summed E-state index contributed by atoms with van der Waals surface area (Å²) in [6.45, 7) is 8.52. The molecule has 1 fully saturated rings. The molecule has 0 aromatic heterocycles.